The smallest absolute Gasteiger partial charge is 0.238 e. The quantitative estimate of drug-likeness (QED) is 0.169. The fraction of sp³-hybridized carbons (Fsp3) is 0. The van der Waals surface area contributed by atoms with Crippen LogP contribution in [0.2, 0.25) is 0 Å². The van der Waals surface area contributed by atoms with E-state index in [2.05, 4.69) is 168 Å². The van der Waals surface area contributed by atoms with Gasteiger partial charge in [-0.25, -0.2) is 4.98 Å². The Hall–Kier alpha value is -7.21. The van der Waals surface area contributed by atoms with Crippen molar-refractivity contribution in [2.24, 2.45) is 0 Å². The van der Waals surface area contributed by atoms with Gasteiger partial charge in [0, 0.05) is 42.1 Å². The maximum Gasteiger partial charge on any atom is 0.238 e. The van der Waals surface area contributed by atoms with Gasteiger partial charge in [-0.15, -0.1) is 11.3 Å². The molecule has 0 unspecified atom stereocenters. The molecule has 56 heavy (non-hydrogen) atoms. The number of aromatic nitrogens is 4. The standard InChI is InChI=1S/C51H30N4S/c1-2-12-31(13-3-1)49-52-50(54-51(53-49)55-45-20-10-8-18-40(45)41-19-9-11-21-46(41)55)34-24-27-47-44(29-34)42-26-23-33(30-48(42)56-47)32-22-25-39-37-16-5-4-14-35(37)36-15-6-7-17-38(36)43(39)28-32/h1-30H. The lowest BCUT2D eigenvalue weighted by Gasteiger charge is -2.12. The van der Waals surface area contributed by atoms with Gasteiger partial charge in [0.1, 0.15) is 0 Å². The molecule has 0 N–H and O–H groups in total. The molecule has 0 radical (unpaired) electrons. The second-order valence-corrected chi connectivity index (χ2v) is 15.5. The van der Waals surface area contributed by atoms with Crippen LogP contribution in [0.4, 0.5) is 0 Å². The minimum absolute atomic E-state index is 0.599. The molecule has 0 atom stereocenters. The molecular formula is C51H30N4S. The van der Waals surface area contributed by atoms with Gasteiger partial charge in [-0.2, -0.15) is 9.97 Å². The summed E-state index contributed by atoms with van der Waals surface area (Å²) in [5, 5.41) is 12.5. The second kappa shape index (κ2) is 12.2. The second-order valence-electron chi connectivity index (χ2n) is 14.4. The number of fused-ring (bicyclic) bond motifs is 12. The van der Waals surface area contributed by atoms with Crippen molar-refractivity contribution in [2.45, 2.75) is 0 Å². The van der Waals surface area contributed by atoms with Crippen LogP contribution in [0.15, 0.2) is 182 Å². The predicted octanol–water partition coefficient (Wildman–Crippen LogP) is 13.8. The van der Waals surface area contributed by atoms with Crippen molar-refractivity contribution >= 4 is 85.6 Å². The number of hydrogen-bond donors (Lipinski definition) is 0. The summed E-state index contributed by atoms with van der Waals surface area (Å²) in [6.45, 7) is 0. The van der Waals surface area contributed by atoms with Crippen molar-refractivity contribution in [3.05, 3.63) is 182 Å². The highest BCUT2D eigenvalue weighted by Crippen LogP contribution is 2.41. The molecule has 0 saturated heterocycles. The molecule has 0 fully saturated rings. The van der Waals surface area contributed by atoms with Crippen molar-refractivity contribution in [3.63, 3.8) is 0 Å². The summed E-state index contributed by atoms with van der Waals surface area (Å²) in [5.74, 6) is 1.88. The zero-order valence-electron chi connectivity index (χ0n) is 30.0. The van der Waals surface area contributed by atoms with Crippen molar-refractivity contribution < 1.29 is 0 Å². The van der Waals surface area contributed by atoms with Crippen LogP contribution in [0, 0.1) is 0 Å². The highest BCUT2D eigenvalue weighted by atomic mass is 32.1. The van der Waals surface area contributed by atoms with Crippen molar-refractivity contribution in [3.8, 4) is 39.9 Å². The van der Waals surface area contributed by atoms with Crippen LogP contribution in [0.5, 0.6) is 0 Å². The predicted molar refractivity (Wildman–Crippen MR) is 236 cm³/mol. The van der Waals surface area contributed by atoms with Crippen LogP contribution in [-0.2, 0) is 0 Å². The molecule has 4 nitrogen and oxygen atoms in total. The lowest BCUT2D eigenvalue weighted by Crippen LogP contribution is -2.06. The van der Waals surface area contributed by atoms with E-state index in [1.165, 1.54) is 74.4 Å². The Balaban J connectivity index is 1.01. The van der Waals surface area contributed by atoms with E-state index in [0.29, 0.717) is 17.6 Å². The minimum atomic E-state index is 0.599. The van der Waals surface area contributed by atoms with Crippen LogP contribution < -0.4 is 0 Å². The Kier molecular flexibility index (Phi) is 6.76. The third-order valence-electron chi connectivity index (χ3n) is 11.2. The summed E-state index contributed by atoms with van der Waals surface area (Å²) in [7, 11) is 0. The molecule has 0 amide bonds. The van der Waals surface area contributed by atoms with Crippen LogP contribution in [0.1, 0.15) is 0 Å². The Morgan fingerprint density at radius 2 is 0.786 bits per heavy atom. The summed E-state index contributed by atoms with van der Waals surface area (Å²) in [5.41, 5.74) is 6.46. The molecule has 5 heteroatoms. The van der Waals surface area contributed by atoms with Crippen LogP contribution >= 0.6 is 11.3 Å². The maximum atomic E-state index is 5.21. The number of rotatable bonds is 4. The van der Waals surface area contributed by atoms with E-state index in [1.54, 1.807) is 0 Å². The highest BCUT2D eigenvalue weighted by Gasteiger charge is 2.18. The van der Waals surface area contributed by atoms with Crippen LogP contribution in [0.25, 0.3) is 114 Å². The first kappa shape index (κ1) is 31.2. The van der Waals surface area contributed by atoms with Gasteiger partial charge < -0.3 is 0 Å². The molecule has 0 spiro atoms. The molecule has 0 bridgehead atoms. The Bertz CT molecular complexity index is 3460. The molecule has 12 rings (SSSR count). The zero-order chi connectivity index (χ0) is 36.7. The van der Waals surface area contributed by atoms with Gasteiger partial charge in [-0.05, 0) is 85.9 Å². The summed E-state index contributed by atoms with van der Waals surface area (Å²) in [4.78, 5) is 15.4. The van der Waals surface area contributed by atoms with Gasteiger partial charge in [-0.1, -0.05) is 140 Å². The van der Waals surface area contributed by atoms with Crippen LogP contribution in [0.3, 0.4) is 0 Å². The first-order chi connectivity index (χ1) is 27.7. The van der Waals surface area contributed by atoms with Gasteiger partial charge in [0.15, 0.2) is 11.6 Å². The molecule has 3 aromatic heterocycles. The van der Waals surface area contributed by atoms with Gasteiger partial charge >= 0.3 is 0 Å². The topological polar surface area (TPSA) is 43.6 Å². The van der Waals surface area contributed by atoms with Crippen molar-refractivity contribution in [2.75, 3.05) is 0 Å². The van der Waals surface area contributed by atoms with Gasteiger partial charge in [0.25, 0.3) is 0 Å². The molecule has 0 aliphatic carbocycles. The number of para-hydroxylation sites is 2. The molecule has 0 saturated carbocycles. The lowest BCUT2D eigenvalue weighted by atomic mass is 9.92. The first-order valence-corrected chi connectivity index (χ1v) is 19.7. The first-order valence-electron chi connectivity index (χ1n) is 18.9. The average Bonchev–Trinajstić information content (AvgIpc) is 3.81. The van der Waals surface area contributed by atoms with E-state index in [-0.39, 0.29) is 0 Å². The maximum absolute atomic E-state index is 5.21. The van der Waals surface area contributed by atoms with Gasteiger partial charge in [-0.3, -0.25) is 4.57 Å². The monoisotopic (exact) mass is 730 g/mol. The Labute approximate surface area is 325 Å². The van der Waals surface area contributed by atoms with Crippen molar-refractivity contribution in [1.82, 2.24) is 19.5 Å². The number of benzene rings is 9. The third kappa shape index (κ3) is 4.75. The van der Waals surface area contributed by atoms with Crippen molar-refractivity contribution in [1.29, 1.82) is 0 Å². The normalized spacial score (nSPS) is 11.9. The number of thiophene rings is 1. The fourth-order valence-electron chi connectivity index (χ4n) is 8.63. The summed E-state index contributed by atoms with van der Waals surface area (Å²) in [6.07, 6.45) is 0. The van der Waals surface area contributed by atoms with E-state index in [0.717, 1.165) is 22.2 Å². The fourth-order valence-corrected chi connectivity index (χ4v) is 9.76. The molecule has 3 heterocycles. The zero-order valence-corrected chi connectivity index (χ0v) is 30.8. The largest absolute Gasteiger partial charge is 0.278 e. The van der Waals surface area contributed by atoms with E-state index in [9.17, 15) is 0 Å². The Morgan fingerprint density at radius 1 is 0.304 bits per heavy atom. The summed E-state index contributed by atoms with van der Waals surface area (Å²) < 4.78 is 4.65. The lowest BCUT2D eigenvalue weighted by molar-refractivity contribution is 0.954. The minimum Gasteiger partial charge on any atom is -0.278 e. The van der Waals surface area contributed by atoms with E-state index >= 15 is 0 Å². The van der Waals surface area contributed by atoms with E-state index < -0.39 is 0 Å². The molecule has 9 aromatic carbocycles. The highest BCUT2D eigenvalue weighted by molar-refractivity contribution is 7.25. The number of hydrogen-bond acceptors (Lipinski definition) is 4. The van der Waals surface area contributed by atoms with Crippen LogP contribution in [-0.4, -0.2) is 19.5 Å². The molecule has 12 aromatic rings. The van der Waals surface area contributed by atoms with Gasteiger partial charge in [0.2, 0.25) is 5.95 Å². The Morgan fingerprint density at radius 3 is 1.45 bits per heavy atom. The summed E-state index contributed by atoms with van der Waals surface area (Å²) >= 11 is 1.83. The van der Waals surface area contributed by atoms with E-state index in [1.807, 2.05) is 29.5 Å². The average molecular weight is 731 g/mol. The van der Waals surface area contributed by atoms with E-state index in [4.69, 9.17) is 15.0 Å². The SMILES string of the molecule is c1ccc(-c2nc(-c3ccc4sc5cc(-c6ccc7c8ccccc8c8ccccc8c7c6)ccc5c4c3)nc(-n3c4ccccc4c4ccccc43)n2)cc1. The molecule has 260 valence electrons. The third-order valence-corrected chi connectivity index (χ3v) is 12.4. The molecule has 0 aliphatic rings. The number of nitrogens with zero attached hydrogens (tertiary/aromatic N) is 4. The summed E-state index contributed by atoms with van der Waals surface area (Å²) in [6, 6.07) is 65.1. The molecule has 0 aliphatic heterocycles. The molecular weight excluding hydrogens is 701 g/mol. The van der Waals surface area contributed by atoms with Gasteiger partial charge in [0.05, 0.1) is 11.0 Å².